The Kier molecular flexibility index (Phi) is 7.77. The fourth-order valence-electron chi connectivity index (χ4n) is 3.34. The zero-order chi connectivity index (χ0) is 20.8. The molecule has 3 rings (SSSR count). The Morgan fingerprint density at radius 3 is 2.38 bits per heavy atom. The number of amides is 1. The molecule has 5 nitrogen and oxygen atoms in total. The molecule has 1 unspecified atom stereocenters. The van der Waals surface area contributed by atoms with E-state index in [4.69, 9.17) is 0 Å². The predicted octanol–water partition coefficient (Wildman–Crippen LogP) is 2.64. The van der Waals surface area contributed by atoms with Gasteiger partial charge >= 0.3 is 0 Å². The van der Waals surface area contributed by atoms with E-state index in [9.17, 15) is 19.8 Å². The average Bonchev–Trinajstić information content (AvgIpc) is 3.16. The van der Waals surface area contributed by atoms with Gasteiger partial charge in [-0.25, -0.2) is 0 Å². The molecule has 7 heteroatoms. The van der Waals surface area contributed by atoms with E-state index in [-0.39, 0.29) is 16.3 Å². The molecular formula is C22H24NO4S2-. The molecule has 1 heterocycles. The van der Waals surface area contributed by atoms with E-state index < -0.39 is 18.2 Å². The highest BCUT2D eigenvalue weighted by Crippen LogP contribution is 2.34. The first-order valence-electron chi connectivity index (χ1n) is 9.54. The fraction of sp³-hybridized carbons (Fsp3) is 0.364. The minimum atomic E-state index is -1.83. The molecule has 0 spiro atoms. The average molecular weight is 431 g/mol. The SMILES string of the molecule is C[C@H](CSC(=O)c1ccccc1)C(=O)N1C[C@@H](Sc2ccccc2)C[C@H]1C([O-])O. The molecular weight excluding hydrogens is 406 g/mol. The first-order valence-corrected chi connectivity index (χ1v) is 11.4. The predicted molar refractivity (Wildman–Crippen MR) is 115 cm³/mol. The molecule has 0 aliphatic carbocycles. The van der Waals surface area contributed by atoms with Crippen molar-refractivity contribution in [1.29, 1.82) is 0 Å². The number of benzene rings is 2. The third-order valence-electron chi connectivity index (χ3n) is 4.86. The third-order valence-corrected chi connectivity index (χ3v) is 7.24. The third kappa shape index (κ3) is 5.85. The zero-order valence-corrected chi connectivity index (χ0v) is 17.8. The fourth-order valence-corrected chi connectivity index (χ4v) is 5.41. The summed E-state index contributed by atoms with van der Waals surface area (Å²) in [5, 5.41) is 21.5. The molecule has 0 saturated carbocycles. The van der Waals surface area contributed by atoms with Gasteiger partial charge in [0.25, 0.3) is 0 Å². The van der Waals surface area contributed by atoms with Gasteiger partial charge in [-0.05, 0) is 24.8 Å². The molecule has 0 aromatic heterocycles. The standard InChI is InChI=1S/C22H24NO4S2/c1-15(14-28-22(27)16-8-4-2-5-9-16)20(24)23-13-18(12-19(23)21(25)26)29-17-10-6-3-7-11-17/h2-11,15,18-19,21,25H,12-14H2,1H3/q-1/t15-,18+,19+,21?/m1/s1. The monoisotopic (exact) mass is 430 g/mol. The molecule has 1 N–H and O–H groups in total. The number of carbonyl (C=O) groups excluding carboxylic acids is 2. The zero-order valence-electron chi connectivity index (χ0n) is 16.1. The Bertz CT molecular complexity index is 816. The van der Waals surface area contributed by atoms with Crippen LogP contribution in [0, 0.1) is 5.92 Å². The van der Waals surface area contributed by atoms with Crippen molar-refractivity contribution in [2.24, 2.45) is 5.92 Å². The van der Waals surface area contributed by atoms with Crippen molar-refractivity contribution >= 4 is 34.5 Å². The summed E-state index contributed by atoms with van der Waals surface area (Å²) in [4.78, 5) is 27.8. The van der Waals surface area contributed by atoms with Gasteiger partial charge in [-0.1, -0.05) is 67.2 Å². The lowest BCUT2D eigenvalue weighted by Crippen LogP contribution is -2.50. The number of hydrogen-bond donors (Lipinski definition) is 1. The van der Waals surface area contributed by atoms with Crippen LogP contribution in [0.25, 0.3) is 0 Å². The molecule has 1 aliphatic rings. The second-order valence-electron chi connectivity index (χ2n) is 7.10. The normalized spacial score (nSPS) is 21.0. The van der Waals surface area contributed by atoms with Crippen LogP contribution in [0.1, 0.15) is 23.7 Å². The van der Waals surface area contributed by atoms with Crippen molar-refractivity contribution in [2.75, 3.05) is 12.3 Å². The summed E-state index contributed by atoms with van der Waals surface area (Å²) in [6, 6.07) is 18.0. The van der Waals surface area contributed by atoms with Crippen molar-refractivity contribution in [3.63, 3.8) is 0 Å². The van der Waals surface area contributed by atoms with Crippen LogP contribution in [-0.4, -0.2) is 50.9 Å². The Balaban J connectivity index is 1.59. The highest BCUT2D eigenvalue weighted by atomic mass is 32.2. The molecule has 0 bridgehead atoms. The summed E-state index contributed by atoms with van der Waals surface area (Å²) in [6.45, 7) is 2.18. The molecule has 2 aromatic rings. The molecule has 1 aliphatic heterocycles. The van der Waals surface area contributed by atoms with Crippen LogP contribution in [0.15, 0.2) is 65.6 Å². The Morgan fingerprint density at radius 2 is 1.76 bits per heavy atom. The van der Waals surface area contributed by atoms with Gasteiger partial charge in [0.2, 0.25) is 11.0 Å². The lowest BCUT2D eigenvalue weighted by atomic mass is 10.1. The van der Waals surface area contributed by atoms with E-state index in [1.54, 1.807) is 43.0 Å². The van der Waals surface area contributed by atoms with Gasteiger partial charge in [0.05, 0.1) is 0 Å². The highest BCUT2D eigenvalue weighted by Gasteiger charge is 2.38. The van der Waals surface area contributed by atoms with Crippen LogP contribution in [0.2, 0.25) is 0 Å². The summed E-state index contributed by atoms with van der Waals surface area (Å²) in [5.41, 5.74) is 0.602. The lowest BCUT2D eigenvalue weighted by molar-refractivity contribution is -0.492. The van der Waals surface area contributed by atoms with Gasteiger partial charge in [0, 0.05) is 40.0 Å². The van der Waals surface area contributed by atoms with Crippen molar-refractivity contribution in [2.45, 2.75) is 35.8 Å². The molecule has 0 radical (unpaired) electrons. The molecule has 4 atom stereocenters. The van der Waals surface area contributed by atoms with Gasteiger partial charge in [0.1, 0.15) is 0 Å². The van der Waals surface area contributed by atoms with Crippen LogP contribution in [-0.2, 0) is 4.79 Å². The summed E-state index contributed by atoms with van der Waals surface area (Å²) < 4.78 is 0. The number of thioether (sulfide) groups is 2. The van der Waals surface area contributed by atoms with Crippen LogP contribution in [0.5, 0.6) is 0 Å². The minimum Gasteiger partial charge on any atom is -0.830 e. The number of hydrogen-bond acceptors (Lipinski definition) is 6. The molecule has 2 aromatic carbocycles. The molecule has 1 fully saturated rings. The summed E-state index contributed by atoms with van der Waals surface area (Å²) >= 11 is 2.72. The lowest BCUT2D eigenvalue weighted by Gasteiger charge is -2.33. The van der Waals surface area contributed by atoms with Crippen molar-refractivity contribution in [3.05, 3.63) is 66.2 Å². The Hall–Kier alpha value is -1.80. The Labute approximate surface area is 179 Å². The van der Waals surface area contributed by atoms with Crippen molar-refractivity contribution < 1.29 is 19.8 Å². The van der Waals surface area contributed by atoms with Gasteiger partial charge < -0.3 is 15.1 Å². The Morgan fingerprint density at radius 1 is 1.14 bits per heavy atom. The van der Waals surface area contributed by atoms with Gasteiger partial charge in [0.15, 0.2) is 0 Å². The maximum atomic E-state index is 12.9. The van der Waals surface area contributed by atoms with Gasteiger partial charge in [-0.3, -0.25) is 9.59 Å². The van der Waals surface area contributed by atoms with E-state index in [1.165, 1.54) is 4.90 Å². The largest absolute Gasteiger partial charge is 0.830 e. The number of aliphatic hydroxyl groups is 1. The number of aliphatic hydroxyl groups excluding tert-OH is 1. The topological polar surface area (TPSA) is 80.7 Å². The summed E-state index contributed by atoms with van der Waals surface area (Å²) in [6.07, 6.45) is -1.37. The first kappa shape index (κ1) is 21.9. The maximum Gasteiger partial charge on any atom is 0.226 e. The second kappa shape index (κ2) is 10.3. The maximum absolute atomic E-state index is 12.9. The number of nitrogens with zero attached hydrogens (tertiary/aromatic N) is 1. The van der Waals surface area contributed by atoms with E-state index in [2.05, 4.69) is 0 Å². The van der Waals surface area contributed by atoms with Crippen LogP contribution in [0.4, 0.5) is 0 Å². The smallest absolute Gasteiger partial charge is 0.226 e. The minimum absolute atomic E-state index is 0.0563. The molecule has 154 valence electrons. The van der Waals surface area contributed by atoms with E-state index in [0.29, 0.717) is 24.3 Å². The van der Waals surface area contributed by atoms with Crippen molar-refractivity contribution in [1.82, 2.24) is 4.90 Å². The number of likely N-dealkylation sites (tertiary alicyclic amines) is 1. The van der Waals surface area contributed by atoms with Gasteiger partial charge in [-0.2, -0.15) is 0 Å². The van der Waals surface area contributed by atoms with E-state index in [1.807, 2.05) is 36.4 Å². The summed E-state index contributed by atoms with van der Waals surface area (Å²) in [7, 11) is 0. The quantitative estimate of drug-likeness (QED) is 0.680. The van der Waals surface area contributed by atoms with Crippen LogP contribution < -0.4 is 5.11 Å². The second-order valence-corrected chi connectivity index (χ2v) is 9.47. The van der Waals surface area contributed by atoms with Gasteiger partial charge in [-0.15, -0.1) is 11.8 Å². The summed E-state index contributed by atoms with van der Waals surface area (Å²) in [5.74, 6) is -0.273. The highest BCUT2D eigenvalue weighted by molar-refractivity contribution is 8.14. The first-order chi connectivity index (χ1) is 14.0. The van der Waals surface area contributed by atoms with Crippen molar-refractivity contribution in [3.8, 4) is 0 Å². The van der Waals surface area contributed by atoms with Crippen LogP contribution >= 0.6 is 23.5 Å². The molecule has 1 amide bonds. The number of rotatable bonds is 7. The van der Waals surface area contributed by atoms with E-state index in [0.717, 1.165) is 16.7 Å². The van der Waals surface area contributed by atoms with Crippen LogP contribution in [0.3, 0.4) is 0 Å². The van der Waals surface area contributed by atoms with E-state index >= 15 is 0 Å². The number of carbonyl (C=O) groups is 2. The molecule has 1 saturated heterocycles. The molecule has 29 heavy (non-hydrogen) atoms.